The number of halogens is 3. The molecule has 1 heterocycles. The van der Waals surface area contributed by atoms with Crippen molar-refractivity contribution in [2.45, 2.75) is 24.7 Å². The van der Waals surface area contributed by atoms with E-state index in [4.69, 9.17) is 40.5 Å². The van der Waals surface area contributed by atoms with Crippen molar-refractivity contribution in [3.05, 3.63) is 68.7 Å². The number of hydrogen-bond acceptors (Lipinski definition) is 2. The summed E-state index contributed by atoms with van der Waals surface area (Å²) in [5.41, 5.74) is 8.61. The van der Waals surface area contributed by atoms with Crippen LogP contribution in [0.2, 0.25) is 15.1 Å². The molecule has 4 atom stereocenters. The first-order valence-electron chi connectivity index (χ1n) is 8.55. The van der Waals surface area contributed by atoms with E-state index in [9.17, 15) is 0 Å². The van der Waals surface area contributed by atoms with E-state index >= 15 is 0 Å². The Bertz CT molecular complexity index is 816. The standard InChI is InChI=1S/C20H19Cl3N2/c21-12-3-1-11(2-4-12)19-15(14-6-5-13(22)9-18(14)23)7-8-16-17(19)10-25-20(16)24/h1-6,9,15-17,19H,7-8,10H2,(H2,24,25). The van der Waals surface area contributed by atoms with E-state index in [1.54, 1.807) is 0 Å². The molecule has 2 aromatic carbocycles. The Morgan fingerprint density at radius 2 is 1.56 bits per heavy atom. The highest BCUT2D eigenvalue weighted by Crippen LogP contribution is 2.52. The number of benzene rings is 2. The average molecular weight is 394 g/mol. The third kappa shape index (κ3) is 3.16. The highest BCUT2D eigenvalue weighted by Gasteiger charge is 2.44. The summed E-state index contributed by atoms with van der Waals surface area (Å²) in [7, 11) is 0. The smallest absolute Gasteiger partial charge is 0.0972 e. The molecule has 4 rings (SSSR count). The zero-order valence-electron chi connectivity index (χ0n) is 13.6. The van der Waals surface area contributed by atoms with Gasteiger partial charge in [0, 0.05) is 27.5 Å². The fraction of sp³-hybridized carbons (Fsp3) is 0.350. The van der Waals surface area contributed by atoms with Crippen LogP contribution in [0.25, 0.3) is 0 Å². The number of hydrogen-bond donors (Lipinski definition) is 1. The van der Waals surface area contributed by atoms with Crippen LogP contribution in [0.15, 0.2) is 47.5 Å². The first kappa shape index (κ1) is 17.2. The van der Waals surface area contributed by atoms with Gasteiger partial charge in [-0.05, 0) is 66.0 Å². The fourth-order valence-electron chi connectivity index (χ4n) is 4.55. The predicted octanol–water partition coefficient (Wildman–Crippen LogP) is 5.91. The lowest BCUT2D eigenvalue weighted by Crippen LogP contribution is -2.36. The molecular formula is C20H19Cl3N2. The number of aliphatic imine (C=N–C) groups is 1. The minimum absolute atomic E-state index is 0.319. The molecule has 1 aliphatic heterocycles. The maximum Gasteiger partial charge on any atom is 0.0972 e. The Balaban J connectivity index is 1.78. The van der Waals surface area contributed by atoms with Gasteiger partial charge in [0.05, 0.1) is 5.84 Å². The number of fused-ring (bicyclic) bond motifs is 1. The normalized spacial score (nSPS) is 28.5. The maximum absolute atomic E-state index is 6.55. The molecule has 4 unspecified atom stereocenters. The van der Waals surface area contributed by atoms with Crippen LogP contribution in [0, 0.1) is 11.8 Å². The van der Waals surface area contributed by atoms with E-state index in [0.717, 1.165) is 40.8 Å². The van der Waals surface area contributed by atoms with Crippen molar-refractivity contribution in [2.24, 2.45) is 22.6 Å². The van der Waals surface area contributed by atoms with Crippen LogP contribution in [0.1, 0.15) is 35.8 Å². The van der Waals surface area contributed by atoms with Crippen molar-refractivity contribution < 1.29 is 0 Å². The Morgan fingerprint density at radius 1 is 0.880 bits per heavy atom. The summed E-state index contributed by atoms with van der Waals surface area (Å²) in [6, 6.07) is 14.0. The Hall–Kier alpha value is -1.22. The topological polar surface area (TPSA) is 38.4 Å². The Morgan fingerprint density at radius 3 is 2.28 bits per heavy atom. The first-order valence-corrected chi connectivity index (χ1v) is 9.68. The molecule has 1 aliphatic carbocycles. The van der Waals surface area contributed by atoms with E-state index in [1.807, 2.05) is 24.3 Å². The zero-order chi connectivity index (χ0) is 17.6. The summed E-state index contributed by atoms with van der Waals surface area (Å²) in [6.45, 7) is 0.783. The van der Waals surface area contributed by atoms with Crippen LogP contribution >= 0.6 is 34.8 Å². The molecule has 0 radical (unpaired) electrons. The van der Waals surface area contributed by atoms with Gasteiger partial charge in [-0.2, -0.15) is 0 Å². The van der Waals surface area contributed by atoms with Gasteiger partial charge in [-0.3, -0.25) is 4.99 Å². The zero-order valence-corrected chi connectivity index (χ0v) is 15.9. The molecule has 5 heteroatoms. The summed E-state index contributed by atoms with van der Waals surface area (Å²) in [5.74, 6) is 2.23. The lowest BCUT2D eigenvalue weighted by molar-refractivity contribution is 0.248. The number of nitrogens with two attached hydrogens (primary N) is 1. The third-order valence-electron chi connectivity index (χ3n) is 5.68. The molecule has 2 aromatic rings. The molecule has 1 fully saturated rings. The summed E-state index contributed by atoms with van der Waals surface area (Å²) in [4.78, 5) is 4.55. The second-order valence-electron chi connectivity index (χ2n) is 6.96. The van der Waals surface area contributed by atoms with Crippen molar-refractivity contribution in [1.29, 1.82) is 0 Å². The largest absolute Gasteiger partial charge is 0.387 e. The van der Waals surface area contributed by atoms with Gasteiger partial charge in [-0.15, -0.1) is 0 Å². The van der Waals surface area contributed by atoms with Crippen molar-refractivity contribution >= 4 is 40.6 Å². The highest BCUT2D eigenvalue weighted by molar-refractivity contribution is 6.35. The predicted molar refractivity (Wildman–Crippen MR) is 106 cm³/mol. The quantitative estimate of drug-likeness (QED) is 0.676. The molecule has 0 spiro atoms. The maximum atomic E-state index is 6.55. The minimum atomic E-state index is 0.319. The molecule has 2 N–H and O–H groups in total. The lowest BCUT2D eigenvalue weighted by atomic mass is 9.63. The van der Waals surface area contributed by atoms with Gasteiger partial charge in [0.15, 0.2) is 0 Å². The number of amidine groups is 1. The molecule has 1 saturated carbocycles. The summed E-state index contributed by atoms with van der Waals surface area (Å²) < 4.78 is 0. The summed E-state index contributed by atoms with van der Waals surface area (Å²) in [5, 5.41) is 2.15. The summed E-state index contributed by atoms with van der Waals surface area (Å²) in [6.07, 6.45) is 2.08. The summed E-state index contributed by atoms with van der Waals surface area (Å²) >= 11 is 18.8. The SMILES string of the molecule is NC1=NCC2C1CCC(c1ccc(Cl)cc1Cl)C2c1ccc(Cl)cc1. The molecule has 0 aromatic heterocycles. The molecule has 130 valence electrons. The van der Waals surface area contributed by atoms with Crippen molar-refractivity contribution in [2.75, 3.05) is 6.54 Å². The highest BCUT2D eigenvalue weighted by atomic mass is 35.5. The van der Waals surface area contributed by atoms with E-state index in [1.165, 1.54) is 5.56 Å². The second kappa shape index (κ2) is 6.83. The van der Waals surface area contributed by atoms with Gasteiger partial charge in [-0.1, -0.05) is 53.0 Å². The van der Waals surface area contributed by atoms with E-state index < -0.39 is 0 Å². The molecule has 0 bridgehead atoms. The van der Waals surface area contributed by atoms with Gasteiger partial charge in [0.1, 0.15) is 0 Å². The van der Waals surface area contributed by atoms with E-state index in [0.29, 0.717) is 28.7 Å². The molecule has 2 nitrogen and oxygen atoms in total. The monoisotopic (exact) mass is 392 g/mol. The molecule has 0 saturated heterocycles. The Labute approximate surface area is 163 Å². The van der Waals surface area contributed by atoms with Crippen LogP contribution in [-0.2, 0) is 0 Å². The molecule has 2 aliphatic rings. The van der Waals surface area contributed by atoms with Crippen LogP contribution in [0.3, 0.4) is 0 Å². The lowest BCUT2D eigenvalue weighted by Gasteiger charge is -2.41. The van der Waals surface area contributed by atoms with Gasteiger partial charge in [0.2, 0.25) is 0 Å². The molecular weight excluding hydrogens is 375 g/mol. The minimum Gasteiger partial charge on any atom is -0.387 e. The van der Waals surface area contributed by atoms with Crippen LogP contribution in [0.5, 0.6) is 0 Å². The van der Waals surface area contributed by atoms with Crippen molar-refractivity contribution in [3.8, 4) is 0 Å². The van der Waals surface area contributed by atoms with Crippen LogP contribution in [0.4, 0.5) is 0 Å². The van der Waals surface area contributed by atoms with Gasteiger partial charge >= 0.3 is 0 Å². The second-order valence-corrected chi connectivity index (χ2v) is 8.24. The average Bonchev–Trinajstić information content (AvgIpc) is 2.97. The Kier molecular flexibility index (Phi) is 4.70. The van der Waals surface area contributed by atoms with E-state index in [2.05, 4.69) is 23.2 Å². The van der Waals surface area contributed by atoms with Crippen LogP contribution < -0.4 is 5.73 Å². The third-order valence-corrected chi connectivity index (χ3v) is 6.50. The van der Waals surface area contributed by atoms with Crippen LogP contribution in [-0.4, -0.2) is 12.4 Å². The van der Waals surface area contributed by atoms with Crippen molar-refractivity contribution in [1.82, 2.24) is 0 Å². The van der Waals surface area contributed by atoms with Gasteiger partial charge in [0.25, 0.3) is 0 Å². The number of nitrogens with zero attached hydrogens (tertiary/aromatic N) is 1. The van der Waals surface area contributed by atoms with Gasteiger partial charge < -0.3 is 5.73 Å². The van der Waals surface area contributed by atoms with Crippen molar-refractivity contribution in [3.63, 3.8) is 0 Å². The van der Waals surface area contributed by atoms with Gasteiger partial charge in [-0.25, -0.2) is 0 Å². The number of rotatable bonds is 2. The first-order chi connectivity index (χ1) is 12.0. The fourth-order valence-corrected chi connectivity index (χ4v) is 5.23. The van der Waals surface area contributed by atoms with E-state index in [-0.39, 0.29) is 0 Å². The molecule has 25 heavy (non-hydrogen) atoms. The molecule has 0 amide bonds.